The van der Waals surface area contributed by atoms with Gasteiger partial charge in [0.1, 0.15) is 0 Å². The van der Waals surface area contributed by atoms with Crippen LogP contribution in [0.15, 0.2) is 18.2 Å². The van der Waals surface area contributed by atoms with E-state index in [0.29, 0.717) is 5.56 Å². The molecule has 0 aliphatic carbocycles. The summed E-state index contributed by atoms with van der Waals surface area (Å²) in [6.07, 6.45) is 0. The Hall–Kier alpha value is -0.600. The van der Waals surface area contributed by atoms with Gasteiger partial charge in [0.25, 0.3) is 0 Å². The molecule has 1 rings (SSSR count). The van der Waals surface area contributed by atoms with Crippen LogP contribution in [0.25, 0.3) is 0 Å². The van der Waals surface area contributed by atoms with E-state index in [1.807, 2.05) is 13.0 Å². The minimum absolute atomic E-state index is 0.0326. The zero-order valence-corrected chi connectivity index (χ0v) is 9.37. The average Bonchev–Trinajstić information content (AvgIpc) is 2.17. The quantitative estimate of drug-likeness (QED) is 0.846. The van der Waals surface area contributed by atoms with Crippen LogP contribution < -0.4 is 0 Å². The minimum atomic E-state index is 0.0326. The molecule has 67 valence electrons. The first-order valence-corrected chi connectivity index (χ1v) is 4.90. The van der Waals surface area contributed by atoms with Gasteiger partial charge in [-0.1, -0.05) is 6.92 Å². The summed E-state index contributed by atoms with van der Waals surface area (Å²) in [6.45, 7) is 1.89. The largest absolute Gasteiger partial charge is 0.395 e. The SMILES string of the molecule is C[C](CO)c1cc(C#N)ccc1I. The van der Waals surface area contributed by atoms with Crippen molar-refractivity contribution in [3.8, 4) is 6.07 Å². The minimum Gasteiger partial charge on any atom is -0.395 e. The smallest absolute Gasteiger partial charge is 0.0991 e. The maximum atomic E-state index is 8.95. The Balaban J connectivity index is 3.12. The first-order valence-electron chi connectivity index (χ1n) is 3.82. The molecular formula is C10H9INO. The molecule has 0 amide bonds. The molecular weight excluding hydrogens is 277 g/mol. The Bertz CT molecular complexity index is 343. The predicted molar refractivity (Wildman–Crippen MR) is 59.0 cm³/mol. The van der Waals surface area contributed by atoms with Gasteiger partial charge in [-0.05, 0) is 46.4 Å². The zero-order valence-electron chi connectivity index (χ0n) is 7.21. The fourth-order valence-corrected chi connectivity index (χ4v) is 1.80. The molecule has 0 spiro atoms. The van der Waals surface area contributed by atoms with Crippen LogP contribution in [-0.4, -0.2) is 11.7 Å². The molecule has 0 saturated carbocycles. The summed E-state index contributed by atoms with van der Waals surface area (Å²) in [5, 5.41) is 17.6. The fourth-order valence-electron chi connectivity index (χ4n) is 1.01. The molecule has 3 heteroatoms. The van der Waals surface area contributed by atoms with Gasteiger partial charge in [0.05, 0.1) is 18.2 Å². The molecule has 2 nitrogen and oxygen atoms in total. The highest BCUT2D eigenvalue weighted by Gasteiger charge is 2.09. The van der Waals surface area contributed by atoms with Crippen molar-refractivity contribution in [3.63, 3.8) is 0 Å². The second kappa shape index (κ2) is 4.58. The number of halogens is 1. The van der Waals surface area contributed by atoms with E-state index in [2.05, 4.69) is 28.7 Å². The van der Waals surface area contributed by atoms with Gasteiger partial charge in [0.15, 0.2) is 0 Å². The number of nitriles is 1. The molecule has 0 fully saturated rings. The lowest BCUT2D eigenvalue weighted by Gasteiger charge is -2.09. The van der Waals surface area contributed by atoms with Crippen molar-refractivity contribution in [1.29, 1.82) is 5.26 Å². The molecule has 0 heterocycles. The standard InChI is InChI=1S/C10H9INO/c1-7(6-13)9-4-8(5-12)2-3-10(9)11/h2-4,13H,6H2,1H3. The second-order valence-electron chi connectivity index (χ2n) is 2.74. The van der Waals surface area contributed by atoms with Crippen molar-refractivity contribution in [2.24, 2.45) is 0 Å². The lowest BCUT2D eigenvalue weighted by Crippen LogP contribution is -2.02. The number of aliphatic hydroxyl groups is 1. The topological polar surface area (TPSA) is 44.0 Å². The summed E-state index contributed by atoms with van der Waals surface area (Å²) >= 11 is 2.19. The normalized spacial score (nSPS) is 10.1. The molecule has 1 aromatic carbocycles. The van der Waals surface area contributed by atoms with Crippen LogP contribution in [0.5, 0.6) is 0 Å². The van der Waals surface area contributed by atoms with Crippen molar-refractivity contribution in [1.82, 2.24) is 0 Å². The van der Waals surface area contributed by atoms with Crippen molar-refractivity contribution >= 4 is 22.6 Å². The Morgan fingerprint density at radius 3 is 2.85 bits per heavy atom. The molecule has 0 aliphatic rings. The van der Waals surface area contributed by atoms with E-state index in [4.69, 9.17) is 10.4 Å². The average molecular weight is 286 g/mol. The Labute approximate surface area is 91.3 Å². The molecule has 0 aliphatic heterocycles. The number of hydrogen-bond acceptors (Lipinski definition) is 2. The highest BCUT2D eigenvalue weighted by molar-refractivity contribution is 14.1. The lowest BCUT2D eigenvalue weighted by atomic mass is 10.0. The van der Waals surface area contributed by atoms with Crippen molar-refractivity contribution in [2.75, 3.05) is 6.61 Å². The summed E-state index contributed by atoms with van der Waals surface area (Å²) in [4.78, 5) is 0. The van der Waals surface area contributed by atoms with Crippen molar-refractivity contribution in [3.05, 3.63) is 38.8 Å². The van der Waals surface area contributed by atoms with E-state index in [1.54, 1.807) is 12.1 Å². The number of benzene rings is 1. The van der Waals surface area contributed by atoms with Gasteiger partial charge in [-0.3, -0.25) is 0 Å². The number of aliphatic hydroxyl groups excluding tert-OH is 1. The summed E-state index contributed by atoms with van der Waals surface area (Å²) in [7, 11) is 0. The van der Waals surface area contributed by atoms with E-state index in [-0.39, 0.29) is 6.61 Å². The Kier molecular flexibility index (Phi) is 3.70. The van der Waals surface area contributed by atoms with E-state index in [0.717, 1.165) is 15.1 Å². The highest BCUT2D eigenvalue weighted by atomic mass is 127. The first kappa shape index (κ1) is 10.5. The van der Waals surface area contributed by atoms with E-state index < -0.39 is 0 Å². The van der Waals surface area contributed by atoms with Crippen LogP contribution in [0.1, 0.15) is 18.1 Å². The van der Waals surface area contributed by atoms with Gasteiger partial charge in [-0.2, -0.15) is 5.26 Å². The van der Waals surface area contributed by atoms with Crippen LogP contribution in [0.2, 0.25) is 0 Å². The number of hydrogen-bond donors (Lipinski definition) is 1. The number of rotatable bonds is 2. The summed E-state index contributed by atoms with van der Waals surface area (Å²) in [5.41, 5.74) is 1.59. The number of nitrogens with zero attached hydrogens (tertiary/aromatic N) is 1. The van der Waals surface area contributed by atoms with Gasteiger partial charge < -0.3 is 5.11 Å². The van der Waals surface area contributed by atoms with Crippen LogP contribution in [0, 0.1) is 20.8 Å². The van der Waals surface area contributed by atoms with Crippen molar-refractivity contribution < 1.29 is 5.11 Å². The van der Waals surface area contributed by atoms with Gasteiger partial charge in [0.2, 0.25) is 0 Å². The van der Waals surface area contributed by atoms with Gasteiger partial charge >= 0.3 is 0 Å². The molecule has 0 bridgehead atoms. The van der Waals surface area contributed by atoms with E-state index in [9.17, 15) is 0 Å². The Morgan fingerprint density at radius 2 is 2.31 bits per heavy atom. The molecule has 1 radical (unpaired) electrons. The summed E-state index contributed by atoms with van der Waals surface area (Å²) in [6, 6.07) is 7.53. The third-order valence-corrected chi connectivity index (χ3v) is 2.73. The van der Waals surface area contributed by atoms with Crippen LogP contribution in [0.3, 0.4) is 0 Å². The third-order valence-electron chi connectivity index (χ3n) is 1.79. The third kappa shape index (κ3) is 2.42. The maximum absolute atomic E-state index is 8.95. The fraction of sp³-hybridized carbons (Fsp3) is 0.200. The molecule has 1 aromatic rings. The van der Waals surface area contributed by atoms with Crippen LogP contribution in [-0.2, 0) is 0 Å². The molecule has 0 aromatic heterocycles. The van der Waals surface area contributed by atoms with Crippen LogP contribution in [0.4, 0.5) is 0 Å². The molecule has 1 N–H and O–H groups in total. The Morgan fingerprint density at radius 1 is 1.62 bits per heavy atom. The van der Waals surface area contributed by atoms with Gasteiger partial charge in [0, 0.05) is 9.49 Å². The summed E-state index contributed by atoms with van der Waals surface area (Å²) in [5.74, 6) is 0.890. The highest BCUT2D eigenvalue weighted by Crippen LogP contribution is 2.21. The molecule has 0 saturated heterocycles. The second-order valence-corrected chi connectivity index (χ2v) is 3.91. The summed E-state index contributed by atoms with van der Waals surface area (Å²) < 4.78 is 1.06. The molecule has 13 heavy (non-hydrogen) atoms. The first-order chi connectivity index (χ1) is 6.19. The van der Waals surface area contributed by atoms with Crippen LogP contribution >= 0.6 is 22.6 Å². The van der Waals surface area contributed by atoms with Gasteiger partial charge in [-0.15, -0.1) is 0 Å². The van der Waals surface area contributed by atoms with Gasteiger partial charge in [-0.25, -0.2) is 0 Å². The molecule has 0 atom stereocenters. The monoisotopic (exact) mass is 286 g/mol. The van der Waals surface area contributed by atoms with E-state index >= 15 is 0 Å². The predicted octanol–water partition coefficient (Wildman–Crippen LogP) is 2.10. The lowest BCUT2D eigenvalue weighted by molar-refractivity contribution is 0.314. The molecule has 0 unspecified atom stereocenters. The van der Waals surface area contributed by atoms with Crippen molar-refractivity contribution in [2.45, 2.75) is 6.92 Å². The zero-order chi connectivity index (χ0) is 9.84. The van der Waals surface area contributed by atoms with E-state index in [1.165, 1.54) is 0 Å². The maximum Gasteiger partial charge on any atom is 0.0991 e.